The SMILES string of the molecule is Cc1ccc(-c2cn3nc(Br)sc3n2)c(C)c1. The van der Waals surface area contributed by atoms with Crippen molar-refractivity contribution in [1.29, 1.82) is 0 Å². The first-order chi connectivity index (χ1) is 8.13. The molecular formula is C12H10BrN3S. The zero-order valence-corrected chi connectivity index (χ0v) is 11.8. The predicted octanol–water partition coefficient (Wildman–Crippen LogP) is 3.84. The summed E-state index contributed by atoms with van der Waals surface area (Å²) in [6, 6.07) is 6.40. The van der Waals surface area contributed by atoms with Gasteiger partial charge in [-0.3, -0.25) is 0 Å². The van der Waals surface area contributed by atoms with Gasteiger partial charge >= 0.3 is 0 Å². The Hall–Kier alpha value is -1.20. The van der Waals surface area contributed by atoms with E-state index in [9.17, 15) is 0 Å². The van der Waals surface area contributed by atoms with Crippen LogP contribution in [-0.4, -0.2) is 14.6 Å². The Labute approximate surface area is 111 Å². The maximum Gasteiger partial charge on any atom is 0.213 e. The van der Waals surface area contributed by atoms with Gasteiger partial charge in [-0.15, -0.1) is 5.10 Å². The molecule has 86 valence electrons. The molecule has 3 aromatic rings. The van der Waals surface area contributed by atoms with E-state index in [1.54, 1.807) is 0 Å². The lowest BCUT2D eigenvalue weighted by Gasteiger charge is -2.02. The highest BCUT2D eigenvalue weighted by Gasteiger charge is 2.10. The van der Waals surface area contributed by atoms with Crippen LogP contribution in [0.3, 0.4) is 0 Å². The Balaban J connectivity index is 2.16. The van der Waals surface area contributed by atoms with Crippen molar-refractivity contribution < 1.29 is 0 Å². The smallest absolute Gasteiger partial charge is 0.213 e. The molecule has 0 N–H and O–H groups in total. The molecule has 2 heterocycles. The lowest BCUT2D eigenvalue weighted by molar-refractivity contribution is 0.959. The summed E-state index contributed by atoms with van der Waals surface area (Å²) < 4.78 is 2.66. The summed E-state index contributed by atoms with van der Waals surface area (Å²) in [6.07, 6.45) is 1.97. The number of hydrogen-bond acceptors (Lipinski definition) is 3. The number of hydrogen-bond donors (Lipinski definition) is 0. The Kier molecular flexibility index (Phi) is 2.52. The predicted molar refractivity (Wildman–Crippen MR) is 73.5 cm³/mol. The van der Waals surface area contributed by atoms with E-state index in [4.69, 9.17) is 0 Å². The highest BCUT2D eigenvalue weighted by Crippen LogP contribution is 2.26. The second-order valence-electron chi connectivity index (χ2n) is 4.03. The summed E-state index contributed by atoms with van der Waals surface area (Å²) in [6.45, 7) is 4.21. The van der Waals surface area contributed by atoms with Crippen LogP contribution >= 0.6 is 27.3 Å². The lowest BCUT2D eigenvalue weighted by Crippen LogP contribution is -1.84. The lowest BCUT2D eigenvalue weighted by atomic mass is 10.0. The minimum Gasteiger partial charge on any atom is -0.217 e. The van der Waals surface area contributed by atoms with Crippen molar-refractivity contribution in [3.63, 3.8) is 0 Å². The van der Waals surface area contributed by atoms with Gasteiger partial charge in [0.15, 0.2) is 3.92 Å². The third-order valence-electron chi connectivity index (χ3n) is 2.68. The minimum absolute atomic E-state index is 0.854. The third-order valence-corrected chi connectivity index (χ3v) is 4.03. The summed E-state index contributed by atoms with van der Waals surface area (Å²) in [7, 11) is 0. The van der Waals surface area contributed by atoms with E-state index in [2.05, 4.69) is 58.1 Å². The highest BCUT2D eigenvalue weighted by molar-refractivity contribution is 9.11. The fourth-order valence-corrected chi connectivity index (χ4v) is 3.12. The Morgan fingerprint density at radius 1 is 1.29 bits per heavy atom. The maximum absolute atomic E-state index is 4.58. The number of aryl methyl sites for hydroxylation is 2. The summed E-state index contributed by atoms with van der Waals surface area (Å²) in [5, 5.41) is 4.30. The molecule has 0 unspecified atom stereocenters. The second-order valence-corrected chi connectivity index (χ2v) is 6.26. The third kappa shape index (κ3) is 1.89. The molecule has 3 rings (SSSR count). The van der Waals surface area contributed by atoms with Crippen LogP contribution in [0, 0.1) is 13.8 Å². The van der Waals surface area contributed by atoms with Crippen LogP contribution in [0.5, 0.6) is 0 Å². The van der Waals surface area contributed by atoms with Gasteiger partial charge in [0.25, 0.3) is 0 Å². The van der Waals surface area contributed by atoms with E-state index in [-0.39, 0.29) is 0 Å². The average Bonchev–Trinajstić information content (AvgIpc) is 2.74. The van der Waals surface area contributed by atoms with Crippen LogP contribution in [0.25, 0.3) is 16.2 Å². The van der Waals surface area contributed by atoms with Crippen molar-refractivity contribution >= 4 is 32.2 Å². The number of nitrogens with zero attached hydrogens (tertiary/aromatic N) is 3. The van der Waals surface area contributed by atoms with Crippen LogP contribution in [0.2, 0.25) is 0 Å². The van der Waals surface area contributed by atoms with Crippen LogP contribution in [0.1, 0.15) is 11.1 Å². The van der Waals surface area contributed by atoms with Gasteiger partial charge in [0.05, 0.1) is 11.9 Å². The molecule has 0 saturated heterocycles. The van der Waals surface area contributed by atoms with Crippen molar-refractivity contribution in [2.45, 2.75) is 13.8 Å². The molecule has 0 spiro atoms. The first kappa shape index (κ1) is 10.9. The van der Waals surface area contributed by atoms with Gasteiger partial charge in [-0.1, -0.05) is 35.1 Å². The van der Waals surface area contributed by atoms with Crippen molar-refractivity contribution in [3.8, 4) is 11.3 Å². The van der Waals surface area contributed by atoms with Crippen molar-refractivity contribution in [2.75, 3.05) is 0 Å². The molecule has 0 atom stereocenters. The highest BCUT2D eigenvalue weighted by atomic mass is 79.9. The molecule has 17 heavy (non-hydrogen) atoms. The second kappa shape index (κ2) is 3.92. The Morgan fingerprint density at radius 2 is 2.12 bits per heavy atom. The van der Waals surface area contributed by atoms with Gasteiger partial charge in [0.2, 0.25) is 4.96 Å². The summed E-state index contributed by atoms with van der Waals surface area (Å²) in [4.78, 5) is 5.49. The average molecular weight is 308 g/mol. The van der Waals surface area contributed by atoms with E-state index >= 15 is 0 Å². The van der Waals surface area contributed by atoms with Gasteiger partial charge in [0, 0.05) is 5.56 Å². The number of aromatic nitrogens is 3. The van der Waals surface area contributed by atoms with Crippen molar-refractivity contribution in [3.05, 3.63) is 39.4 Å². The molecule has 0 aliphatic heterocycles. The molecule has 0 amide bonds. The number of halogens is 1. The summed E-state index contributed by atoms with van der Waals surface area (Å²) >= 11 is 4.89. The number of fused-ring (bicyclic) bond motifs is 1. The molecule has 3 nitrogen and oxygen atoms in total. The molecule has 1 aromatic carbocycles. The number of rotatable bonds is 1. The van der Waals surface area contributed by atoms with Gasteiger partial charge in [0.1, 0.15) is 0 Å². The van der Waals surface area contributed by atoms with Crippen LogP contribution in [-0.2, 0) is 0 Å². The molecule has 0 saturated carbocycles. The first-order valence-electron chi connectivity index (χ1n) is 5.23. The molecule has 0 aliphatic carbocycles. The Bertz CT molecular complexity index is 667. The van der Waals surface area contributed by atoms with Crippen LogP contribution in [0.4, 0.5) is 0 Å². The Morgan fingerprint density at radius 3 is 2.82 bits per heavy atom. The van der Waals surface area contributed by atoms with Gasteiger partial charge in [-0.05, 0) is 35.3 Å². The quantitative estimate of drug-likeness (QED) is 0.684. The first-order valence-corrected chi connectivity index (χ1v) is 6.84. The van der Waals surface area contributed by atoms with E-state index in [1.807, 2.05) is 10.7 Å². The molecule has 5 heteroatoms. The van der Waals surface area contributed by atoms with Crippen LogP contribution < -0.4 is 0 Å². The van der Waals surface area contributed by atoms with Gasteiger partial charge in [-0.2, -0.15) is 0 Å². The van der Waals surface area contributed by atoms with Crippen molar-refractivity contribution in [1.82, 2.24) is 14.6 Å². The van der Waals surface area contributed by atoms with Gasteiger partial charge < -0.3 is 0 Å². The fraction of sp³-hybridized carbons (Fsp3) is 0.167. The van der Waals surface area contributed by atoms with E-state index < -0.39 is 0 Å². The molecule has 0 fully saturated rings. The number of benzene rings is 1. The fourth-order valence-electron chi connectivity index (χ4n) is 1.91. The van der Waals surface area contributed by atoms with E-state index in [0.29, 0.717) is 0 Å². The minimum atomic E-state index is 0.854. The number of imidazole rings is 1. The normalized spacial score (nSPS) is 11.2. The standard InChI is InChI=1S/C12H10BrN3S/c1-7-3-4-9(8(2)5-7)10-6-16-12(14-10)17-11(13)15-16/h3-6H,1-2H3. The molecule has 2 aromatic heterocycles. The summed E-state index contributed by atoms with van der Waals surface area (Å²) in [5.74, 6) is 0. The van der Waals surface area contributed by atoms with Gasteiger partial charge in [-0.25, -0.2) is 9.50 Å². The largest absolute Gasteiger partial charge is 0.217 e. The summed E-state index contributed by atoms with van der Waals surface area (Å²) in [5.41, 5.74) is 4.67. The monoisotopic (exact) mass is 307 g/mol. The van der Waals surface area contributed by atoms with E-state index in [1.165, 1.54) is 28.0 Å². The molecular weight excluding hydrogens is 298 g/mol. The molecule has 0 bridgehead atoms. The zero-order chi connectivity index (χ0) is 12.0. The van der Waals surface area contributed by atoms with Crippen molar-refractivity contribution in [2.24, 2.45) is 0 Å². The zero-order valence-electron chi connectivity index (χ0n) is 9.44. The maximum atomic E-state index is 4.58. The molecule has 0 radical (unpaired) electrons. The topological polar surface area (TPSA) is 30.2 Å². The van der Waals surface area contributed by atoms with E-state index in [0.717, 1.165) is 14.6 Å². The van der Waals surface area contributed by atoms with Crippen LogP contribution in [0.15, 0.2) is 28.3 Å². The molecule has 0 aliphatic rings.